The van der Waals surface area contributed by atoms with Crippen LogP contribution in [-0.2, 0) is 4.79 Å². The van der Waals surface area contributed by atoms with Gasteiger partial charge >= 0.3 is 0 Å². The lowest BCUT2D eigenvalue weighted by Crippen LogP contribution is -2.38. The van der Waals surface area contributed by atoms with E-state index in [4.69, 9.17) is 23.6 Å². The molecular weight excluding hydrogens is 187 g/mol. The SMILES string of the molecule is CC(=O)C(CN(C)Cl)N(C)Cl. The Bertz CT molecular complexity index is 139. The quantitative estimate of drug-likeness (QED) is 0.633. The molecule has 0 radical (unpaired) electrons. The molecule has 66 valence electrons. The second kappa shape index (κ2) is 4.93. The van der Waals surface area contributed by atoms with Gasteiger partial charge in [-0.15, -0.1) is 0 Å². The standard InChI is InChI=1S/C6H12Cl2N2O/c1-5(11)6(10(3)8)4-9(2)7/h6H,4H2,1-3H3. The molecule has 0 aliphatic heterocycles. The Hall–Kier alpha value is 0.170. The highest BCUT2D eigenvalue weighted by molar-refractivity contribution is 6.15. The Balaban J connectivity index is 4.01. The normalized spacial score (nSPS) is 14.1. The molecule has 0 aromatic heterocycles. The van der Waals surface area contributed by atoms with E-state index in [0.29, 0.717) is 6.54 Å². The van der Waals surface area contributed by atoms with Crippen LogP contribution in [0.3, 0.4) is 0 Å². The summed E-state index contributed by atoms with van der Waals surface area (Å²) in [6, 6.07) is -0.334. The molecule has 0 aliphatic rings. The molecule has 0 amide bonds. The minimum Gasteiger partial charge on any atom is -0.298 e. The van der Waals surface area contributed by atoms with Crippen molar-refractivity contribution in [3.63, 3.8) is 0 Å². The molecule has 0 heterocycles. The van der Waals surface area contributed by atoms with Crippen molar-refractivity contribution in [2.24, 2.45) is 0 Å². The smallest absolute Gasteiger partial charge is 0.149 e. The van der Waals surface area contributed by atoms with Crippen molar-refractivity contribution in [1.82, 2.24) is 8.84 Å². The van der Waals surface area contributed by atoms with Crippen molar-refractivity contribution in [1.29, 1.82) is 0 Å². The summed E-state index contributed by atoms with van der Waals surface area (Å²) in [5.41, 5.74) is 0. The van der Waals surface area contributed by atoms with Crippen LogP contribution in [0.4, 0.5) is 0 Å². The van der Waals surface area contributed by atoms with Gasteiger partial charge in [0.2, 0.25) is 0 Å². The largest absolute Gasteiger partial charge is 0.298 e. The van der Waals surface area contributed by atoms with Crippen molar-refractivity contribution < 1.29 is 4.79 Å². The molecule has 0 spiro atoms. The number of likely N-dealkylation sites (N-methyl/N-ethyl adjacent to an activating group) is 2. The summed E-state index contributed by atoms with van der Waals surface area (Å²) in [5, 5.41) is 0. The van der Waals surface area contributed by atoms with E-state index >= 15 is 0 Å². The van der Waals surface area contributed by atoms with Gasteiger partial charge in [-0.2, -0.15) is 0 Å². The van der Waals surface area contributed by atoms with Crippen LogP contribution in [0.15, 0.2) is 0 Å². The molecule has 0 fully saturated rings. The Morgan fingerprint density at radius 3 is 2.00 bits per heavy atom. The summed E-state index contributed by atoms with van der Waals surface area (Å²) >= 11 is 11.2. The molecule has 0 rings (SSSR count). The van der Waals surface area contributed by atoms with Crippen LogP contribution in [0.5, 0.6) is 0 Å². The lowest BCUT2D eigenvalue weighted by atomic mass is 10.2. The Morgan fingerprint density at radius 1 is 1.45 bits per heavy atom. The van der Waals surface area contributed by atoms with Gasteiger partial charge in [-0.05, 0) is 30.5 Å². The van der Waals surface area contributed by atoms with E-state index in [9.17, 15) is 4.79 Å². The van der Waals surface area contributed by atoms with Crippen LogP contribution in [0, 0.1) is 0 Å². The summed E-state index contributed by atoms with van der Waals surface area (Å²) in [4.78, 5) is 10.9. The van der Waals surface area contributed by atoms with Crippen molar-refractivity contribution in [2.45, 2.75) is 13.0 Å². The lowest BCUT2D eigenvalue weighted by Gasteiger charge is -2.20. The highest BCUT2D eigenvalue weighted by Gasteiger charge is 2.19. The van der Waals surface area contributed by atoms with Gasteiger partial charge < -0.3 is 0 Å². The second-order valence-electron chi connectivity index (χ2n) is 2.44. The zero-order valence-electron chi connectivity index (χ0n) is 6.84. The van der Waals surface area contributed by atoms with E-state index in [-0.39, 0.29) is 11.8 Å². The fourth-order valence-corrected chi connectivity index (χ4v) is 1.06. The average molecular weight is 199 g/mol. The number of ketones is 1. The van der Waals surface area contributed by atoms with Crippen molar-refractivity contribution >= 4 is 29.3 Å². The van der Waals surface area contributed by atoms with Crippen LogP contribution in [0.25, 0.3) is 0 Å². The maximum atomic E-state index is 10.9. The number of Topliss-reactive ketones (excluding diaryl/α,β-unsaturated/α-hetero) is 1. The van der Waals surface area contributed by atoms with Crippen molar-refractivity contribution in [3.8, 4) is 0 Å². The van der Waals surface area contributed by atoms with Gasteiger partial charge in [0.15, 0.2) is 0 Å². The maximum absolute atomic E-state index is 10.9. The van der Waals surface area contributed by atoms with Crippen LogP contribution >= 0.6 is 23.6 Å². The predicted octanol–water partition coefficient (Wildman–Crippen LogP) is 1.12. The van der Waals surface area contributed by atoms with Crippen molar-refractivity contribution in [3.05, 3.63) is 0 Å². The second-order valence-corrected chi connectivity index (χ2v) is 3.55. The third kappa shape index (κ3) is 4.58. The summed E-state index contributed by atoms with van der Waals surface area (Å²) in [6.45, 7) is 1.92. The summed E-state index contributed by atoms with van der Waals surface area (Å²) < 4.78 is 2.74. The number of carbonyl (C=O) groups excluding carboxylic acids is 1. The topological polar surface area (TPSA) is 23.6 Å². The Kier molecular flexibility index (Phi) is 5.01. The van der Waals surface area contributed by atoms with E-state index in [1.807, 2.05) is 0 Å². The first-order chi connectivity index (χ1) is 4.95. The predicted molar refractivity (Wildman–Crippen MR) is 46.6 cm³/mol. The van der Waals surface area contributed by atoms with E-state index in [0.717, 1.165) is 0 Å². The number of hydrogen-bond donors (Lipinski definition) is 0. The van der Waals surface area contributed by atoms with E-state index < -0.39 is 0 Å². The molecule has 1 atom stereocenters. The van der Waals surface area contributed by atoms with Crippen molar-refractivity contribution in [2.75, 3.05) is 20.6 Å². The first kappa shape index (κ1) is 11.2. The Morgan fingerprint density at radius 2 is 1.91 bits per heavy atom. The first-order valence-electron chi connectivity index (χ1n) is 3.21. The first-order valence-corrected chi connectivity index (χ1v) is 3.88. The molecular formula is C6H12Cl2N2O. The summed E-state index contributed by atoms with van der Waals surface area (Å²) in [5.74, 6) is 0.00926. The average Bonchev–Trinajstić information content (AvgIpc) is 1.81. The third-order valence-electron chi connectivity index (χ3n) is 1.32. The van der Waals surface area contributed by atoms with Gasteiger partial charge in [0.1, 0.15) is 5.78 Å². The van der Waals surface area contributed by atoms with Gasteiger partial charge in [0.05, 0.1) is 6.04 Å². The molecule has 0 saturated heterocycles. The number of carbonyl (C=O) groups is 1. The molecule has 0 saturated carbocycles. The fraction of sp³-hybridized carbons (Fsp3) is 0.833. The zero-order chi connectivity index (χ0) is 9.02. The third-order valence-corrected chi connectivity index (χ3v) is 1.70. The molecule has 0 aromatic carbocycles. The summed E-state index contributed by atoms with van der Waals surface area (Å²) in [7, 11) is 3.31. The molecule has 0 N–H and O–H groups in total. The minimum absolute atomic E-state index is 0.00926. The van der Waals surface area contributed by atoms with Gasteiger partial charge in [0, 0.05) is 20.6 Å². The van der Waals surface area contributed by atoms with Gasteiger partial charge in [0.25, 0.3) is 0 Å². The van der Waals surface area contributed by atoms with Crippen LogP contribution in [0.2, 0.25) is 0 Å². The van der Waals surface area contributed by atoms with E-state index in [1.165, 1.54) is 15.8 Å². The molecule has 0 aromatic rings. The Labute approximate surface area is 77.1 Å². The van der Waals surface area contributed by atoms with Crippen LogP contribution < -0.4 is 0 Å². The minimum atomic E-state index is -0.334. The van der Waals surface area contributed by atoms with Gasteiger partial charge in [-0.3, -0.25) is 4.79 Å². The number of halogens is 2. The molecule has 0 bridgehead atoms. The van der Waals surface area contributed by atoms with Crippen LogP contribution in [-0.4, -0.2) is 41.3 Å². The van der Waals surface area contributed by atoms with Crippen LogP contribution in [0.1, 0.15) is 6.92 Å². The highest BCUT2D eigenvalue weighted by atomic mass is 35.5. The molecule has 3 nitrogen and oxygen atoms in total. The van der Waals surface area contributed by atoms with E-state index in [1.54, 1.807) is 14.1 Å². The fourth-order valence-electron chi connectivity index (χ4n) is 0.730. The molecule has 5 heteroatoms. The molecule has 11 heavy (non-hydrogen) atoms. The monoisotopic (exact) mass is 198 g/mol. The number of rotatable bonds is 4. The maximum Gasteiger partial charge on any atom is 0.149 e. The summed E-state index contributed by atoms with van der Waals surface area (Å²) in [6.07, 6.45) is 0. The van der Waals surface area contributed by atoms with Gasteiger partial charge in [-0.25, -0.2) is 8.84 Å². The molecule has 1 unspecified atom stereocenters. The highest BCUT2D eigenvalue weighted by Crippen LogP contribution is 2.04. The number of hydrogen-bond acceptors (Lipinski definition) is 3. The van der Waals surface area contributed by atoms with Gasteiger partial charge in [-0.1, -0.05) is 0 Å². The zero-order valence-corrected chi connectivity index (χ0v) is 8.35. The lowest BCUT2D eigenvalue weighted by molar-refractivity contribution is -0.120. The molecule has 0 aliphatic carbocycles. The van der Waals surface area contributed by atoms with E-state index in [2.05, 4.69) is 0 Å². The number of nitrogens with zero attached hydrogens (tertiary/aromatic N) is 2.